The molecule has 0 saturated carbocycles. The van der Waals surface area contributed by atoms with Crippen molar-refractivity contribution in [3.05, 3.63) is 78.1 Å². The van der Waals surface area contributed by atoms with Crippen molar-refractivity contribution >= 4 is 23.3 Å². The van der Waals surface area contributed by atoms with Crippen LogP contribution in [-0.4, -0.2) is 10.7 Å². The van der Waals surface area contributed by atoms with E-state index >= 15 is 0 Å². The molecule has 1 heterocycles. The Morgan fingerprint density at radius 3 is 2.22 bits per heavy atom. The second-order valence-corrected chi connectivity index (χ2v) is 6.69. The van der Waals surface area contributed by atoms with E-state index in [0.717, 1.165) is 28.1 Å². The minimum Gasteiger partial charge on any atom is -0.398 e. The highest BCUT2D eigenvalue weighted by atomic mass is 32.2. The number of pyridine rings is 1. The fourth-order valence-corrected chi connectivity index (χ4v) is 3.18. The number of hydrogen-bond acceptors (Lipinski definition) is 5. The summed E-state index contributed by atoms with van der Waals surface area (Å²) in [4.78, 5) is 5.17. The first-order chi connectivity index (χ1) is 13.1. The Morgan fingerprint density at radius 2 is 1.63 bits per heavy atom. The first kappa shape index (κ1) is 20.7. The van der Waals surface area contributed by atoms with Crippen LogP contribution in [0.25, 0.3) is 11.1 Å². The molecular weight excluding hydrogens is 352 g/mol. The molecule has 5 heteroatoms. The van der Waals surface area contributed by atoms with Crippen molar-refractivity contribution in [1.29, 1.82) is 5.41 Å². The fraction of sp³-hybridized carbons (Fsp3) is 0.182. The van der Waals surface area contributed by atoms with Crippen molar-refractivity contribution < 1.29 is 0 Å². The van der Waals surface area contributed by atoms with Crippen LogP contribution in [0.4, 0.5) is 5.69 Å². The molecule has 0 fully saturated rings. The maximum atomic E-state index is 7.71. The zero-order chi connectivity index (χ0) is 19.6. The van der Waals surface area contributed by atoms with Crippen LogP contribution < -0.4 is 10.5 Å². The van der Waals surface area contributed by atoms with Gasteiger partial charge in [0.25, 0.3) is 0 Å². The molecule has 0 radical (unpaired) electrons. The molecule has 3 rings (SSSR count). The highest BCUT2D eigenvalue weighted by molar-refractivity contribution is 7.97. The van der Waals surface area contributed by atoms with Crippen LogP contribution in [0.2, 0.25) is 0 Å². The molecular formula is C22H26N4S. The highest BCUT2D eigenvalue weighted by Gasteiger charge is 2.05. The van der Waals surface area contributed by atoms with E-state index in [4.69, 9.17) is 11.1 Å². The van der Waals surface area contributed by atoms with Gasteiger partial charge < -0.3 is 11.1 Å². The van der Waals surface area contributed by atoms with Crippen LogP contribution in [-0.2, 0) is 6.54 Å². The lowest BCUT2D eigenvalue weighted by Crippen LogP contribution is -2.02. The van der Waals surface area contributed by atoms with Crippen LogP contribution in [0.15, 0.2) is 71.9 Å². The Hall–Kier alpha value is -2.63. The Kier molecular flexibility index (Phi) is 8.04. The summed E-state index contributed by atoms with van der Waals surface area (Å²) in [6, 6.07) is 18.2. The molecule has 0 aliphatic heterocycles. The van der Waals surface area contributed by atoms with Gasteiger partial charge >= 0.3 is 0 Å². The number of hydrogen-bond donors (Lipinski definition) is 3. The summed E-state index contributed by atoms with van der Waals surface area (Å²) in [6.45, 7) is 6.53. The molecule has 4 N–H and O–H groups in total. The van der Waals surface area contributed by atoms with Gasteiger partial charge in [-0.2, -0.15) is 0 Å². The van der Waals surface area contributed by atoms with E-state index < -0.39 is 0 Å². The molecule has 0 unspecified atom stereocenters. The van der Waals surface area contributed by atoms with Gasteiger partial charge in [-0.3, -0.25) is 9.71 Å². The van der Waals surface area contributed by atoms with Gasteiger partial charge in [-0.1, -0.05) is 38.1 Å². The molecule has 0 saturated heterocycles. The van der Waals surface area contributed by atoms with Crippen molar-refractivity contribution in [3.8, 4) is 11.1 Å². The van der Waals surface area contributed by atoms with Gasteiger partial charge in [0.2, 0.25) is 0 Å². The largest absolute Gasteiger partial charge is 0.398 e. The summed E-state index contributed by atoms with van der Waals surface area (Å²) >= 11 is 1.61. The summed E-state index contributed by atoms with van der Waals surface area (Å²) in [6.07, 6.45) is 3.60. The quantitative estimate of drug-likeness (QED) is 0.299. The number of nitrogens with two attached hydrogens (primary N) is 1. The third-order valence-electron chi connectivity index (χ3n) is 3.86. The third kappa shape index (κ3) is 5.94. The molecule has 2 aromatic carbocycles. The van der Waals surface area contributed by atoms with Crippen molar-refractivity contribution in [3.63, 3.8) is 0 Å². The topological polar surface area (TPSA) is 74.8 Å². The number of nitrogens with zero attached hydrogens (tertiary/aromatic N) is 1. The zero-order valence-electron chi connectivity index (χ0n) is 16.0. The fourth-order valence-electron chi connectivity index (χ4n) is 2.50. The van der Waals surface area contributed by atoms with Crippen LogP contribution in [0, 0.1) is 5.41 Å². The maximum Gasteiger partial charge on any atom is 0.0411 e. The van der Waals surface area contributed by atoms with Crippen LogP contribution in [0.1, 0.15) is 31.9 Å². The standard InChI is InChI=1S/C20H20N4S.C2H6/c1-14(21)19-7-4-17(12-20(19)22)16-2-5-18(6-3-16)25-24-13-15-8-10-23-11-9-15;1-2/h2-12,21,24H,13,22H2,1H3;1-2H3. The zero-order valence-corrected chi connectivity index (χ0v) is 16.8. The number of nitrogens with one attached hydrogen (secondary N) is 2. The van der Waals surface area contributed by atoms with E-state index in [9.17, 15) is 0 Å². The summed E-state index contributed by atoms with van der Waals surface area (Å²) in [5, 5.41) is 7.71. The summed E-state index contributed by atoms with van der Waals surface area (Å²) < 4.78 is 3.35. The molecule has 0 aliphatic rings. The van der Waals surface area contributed by atoms with Gasteiger partial charge in [0.15, 0.2) is 0 Å². The Morgan fingerprint density at radius 1 is 1.00 bits per heavy atom. The number of nitrogen functional groups attached to an aromatic ring is 1. The average Bonchev–Trinajstić information content (AvgIpc) is 2.70. The highest BCUT2D eigenvalue weighted by Crippen LogP contribution is 2.26. The predicted octanol–water partition coefficient (Wildman–Crippen LogP) is 5.54. The van der Waals surface area contributed by atoms with Gasteiger partial charge in [-0.15, -0.1) is 0 Å². The van der Waals surface area contributed by atoms with Crippen molar-refractivity contribution in [1.82, 2.24) is 9.71 Å². The second kappa shape index (κ2) is 10.5. The minimum absolute atomic E-state index is 0.482. The number of benzene rings is 2. The van der Waals surface area contributed by atoms with Gasteiger partial charge in [-0.25, -0.2) is 0 Å². The molecule has 3 aromatic rings. The normalized spacial score (nSPS) is 10.0. The first-order valence-corrected chi connectivity index (χ1v) is 9.79. The monoisotopic (exact) mass is 378 g/mol. The van der Waals surface area contributed by atoms with E-state index in [1.807, 2.05) is 44.2 Å². The lowest BCUT2D eigenvalue weighted by atomic mass is 10.0. The second-order valence-electron chi connectivity index (χ2n) is 5.73. The molecule has 0 amide bonds. The van der Waals surface area contributed by atoms with Crippen molar-refractivity contribution in [2.24, 2.45) is 0 Å². The van der Waals surface area contributed by atoms with Crippen molar-refractivity contribution in [2.75, 3.05) is 5.73 Å². The van der Waals surface area contributed by atoms with E-state index in [1.165, 1.54) is 5.56 Å². The van der Waals surface area contributed by atoms with Gasteiger partial charge in [0.05, 0.1) is 0 Å². The number of aromatic nitrogens is 1. The number of anilines is 1. The first-order valence-electron chi connectivity index (χ1n) is 8.97. The third-order valence-corrected chi connectivity index (χ3v) is 4.66. The van der Waals surface area contributed by atoms with Gasteiger partial charge in [0.1, 0.15) is 0 Å². The van der Waals surface area contributed by atoms with Crippen LogP contribution in [0.3, 0.4) is 0 Å². The molecule has 4 nitrogen and oxygen atoms in total. The molecule has 140 valence electrons. The van der Waals surface area contributed by atoms with Gasteiger partial charge in [0, 0.05) is 40.8 Å². The molecule has 0 atom stereocenters. The Balaban J connectivity index is 0.00000126. The number of rotatable bonds is 6. The summed E-state index contributed by atoms with van der Waals surface area (Å²) in [7, 11) is 0. The summed E-state index contributed by atoms with van der Waals surface area (Å²) in [5.41, 5.74) is 11.3. The lowest BCUT2D eigenvalue weighted by Gasteiger charge is -2.09. The molecule has 0 aliphatic carbocycles. The van der Waals surface area contributed by atoms with Crippen LogP contribution in [0.5, 0.6) is 0 Å². The average molecular weight is 379 g/mol. The SMILES string of the molecule is CC.CC(=N)c1ccc(-c2ccc(SNCc3ccncc3)cc2)cc1N. The minimum atomic E-state index is 0.482. The van der Waals surface area contributed by atoms with E-state index in [-0.39, 0.29) is 0 Å². The van der Waals surface area contributed by atoms with E-state index in [2.05, 4.69) is 34.0 Å². The maximum absolute atomic E-state index is 7.71. The van der Waals surface area contributed by atoms with Crippen LogP contribution >= 0.6 is 11.9 Å². The molecule has 0 bridgehead atoms. The smallest absolute Gasteiger partial charge is 0.0411 e. The Labute approximate surface area is 165 Å². The van der Waals surface area contributed by atoms with E-state index in [0.29, 0.717) is 11.4 Å². The lowest BCUT2D eigenvalue weighted by molar-refractivity contribution is 0.969. The van der Waals surface area contributed by atoms with Gasteiger partial charge in [-0.05, 0) is 65.9 Å². The summed E-state index contributed by atoms with van der Waals surface area (Å²) in [5.74, 6) is 0. The molecule has 0 spiro atoms. The van der Waals surface area contributed by atoms with Crippen molar-refractivity contribution in [2.45, 2.75) is 32.2 Å². The van der Waals surface area contributed by atoms with E-state index in [1.54, 1.807) is 31.3 Å². The Bertz CT molecular complexity index is 861. The molecule has 27 heavy (non-hydrogen) atoms. The molecule has 1 aromatic heterocycles. The predicted molar refractivity (Wildman–Crippen MR) is 117 cm³/mol.